The topological polar surface area (TPSA) is 95.5 Å². The van der Waals surface area contributed by atoms with Crippen molar-refractivity contribution in [1.82, 2.24) is 10.6 Å². The number of carbonyl (C=O) groups excluding carboxylic acids is 2. The van der Waals surface area contributed by atoms with Gasteiger partial charge in [0.2, 0.25) is 5.91 Å². The number of fused-ring (bicyclic) bond motifs is 5. The normalized spacial score (nSPS) is 18.2. The van der Waals surface area contributed by atoms with Crippen LogP contribution in [0.25, 0.3) is 11.1 Å². The molecule has 1 unspecified atom stereocenters. The van der Waals surface area contributed by atoms with Crippen LogP contribution < -0.4 is 10.6 Å². The maximum Gasteiger partial charge on any atom is 0.334 e. The maximum atomic E-state index is 12.6. The van der Waals surface area contributed by atoms with Crippen molar-refractivity contribution >= 4 is 17.7 Å². The molecule has 1 heterocycles. The quantitative estimate of drug-likeness (QED) is 0.680. The number of hydrogen-bond acceptors (Lipinski definition) is 4. The van der Waals surface area contributed by atoms with E-state index in [1.165, 1.54) is 0 Å². The lowest BCUT2D eigenvalue weighted by molar-refractivity contribution is -0.140. The summed E-state index contributed by atoms with van der Waals surface area (Å²) in [7, 11) is 0. The molecule has 1 amide bonds. The monoisotopic (exact) mass is 338 g/mol. The molecule has 128 valence electrons. The molecule has 1 aliphatic heterocycles. The van der Waals surface area contributed by atoms with Gasteiger partial charge < -0.3 is 15.7 Å². The predicted octanol–water partition coefficient (Wildman–Crippen LogP) is 1.25. The minimum Gasteiger partial charge on any atom is -0.479 e. The van der Waals surface area contributed by atoms with Crippen molar-refractivity contribution < 1.29 is 19.5 Å². The number of carboxylic acids is 1. The molecule has 0 spiro atoms. The van der Waals surface area contributed by atoms with Crippen LogP contribution in [0.2, 0.25) is 0 Å². The van der Waals surface area contributed by atoms with Crippen LogP contribution in [0.4, 0.5) is 0 Å². The summed E-state index contributed by atoms with van der Waals surface area (Å²) in [6.07, 6.45) is 0.738. The van der Waals surface area contributed by atoms with E-state index in [9.17, 15) is 19.5 Å². The van der Waals surface area contributed by atoms with Gasteiger partial charge in [0.25, 0.3) is 0 Å². The van der Waals surface area contributed by atoms with E-state index < -0.39 is 23.7 Å². The lowest BCUT2D eigenvalue weighted by Crippen LogP contribution is -2.49. The number of rotatable bonds is 1. The van der Waals surface area contributed by atoms with E-state index >= 15 is 0 Å². The Balaban J connectivity index is 2.05. The van der Waals surface area contributed by atoms with E-state index in [-0.39, 0.29) is 12.1 Å². The van der Waals surface area contributed by atoms with Gasteiger partial charge in [0, 0.05) is 5.56 Å². The first-order valence-electron chi connectivity index (χ1n) is 8.01. The first-order valence-corrected chi connectivity index (χ1v) is 8.01. The van der Waals surface area contributed by atoms with Gasteiger partial charge >= 0.3 is 5.97 Å². The largest absolute Gasteiger partial charge is 0.479 e. The highest BCUT2D eigenvalue weighted by Crippen LogP contribution is 2.22. The van der Waals surface area contributed by atoms with Crippen LogP contribution in [0.15, 0.2) is 48.5 Å². The number of Topliss-reactive ketones (excluding diaryl/α,β-unsaturated/α-hetero) is 1. The van der Waals surface area contributed by atoms with E-state index in [0.29, 0.717) is 6.54 Å². The Bertz CT molecular complexity index is 832. The Kier molecular flexibility index (Phi) is 4.90. The molecule has 0 fully saturated rings. The average molecular weight is 338 g/mol. The first kappa shape index (κ1) is 16.9. The van der Waals surface area contributed by atoms with E-state index in [1.807, 2.05) is 30.3 Å². The third-order valence-electron chi connectivity index (χ3n) is 4.10. The van der Waals surface area contributed by atoms with Gasteiger partial charge in [-0.1, -0.05) is 42.5 Å². The van der Waals surface area contributed by atoms with Crippen LogP contribution in [0.1, 0.15) is 15.9 Å². The zero-order chi connectivity index (χ0) is 17.8. The predicted molar refractivity (Wildman–Crippen MR) is 92.3 cm³/mol. The second-order valence-corrected chi connectivity index (χ2v) is 5.91. The molecule has 0 radical (unpaired) electrons. The lowest BCUT2D eigenvalue weighted by Gasteiger charge is -2.15. The molecule has 3 N–H and O–H groups in total. The Morgan fingerprint density at radius 2 is 1.68 bits per heavy atom. The zero-order valence-corrected chi connectivity index (χ0v) is 13.5. The second-order valence-electron chi connectivity index (χ2n) is 5.91. The van der Waals surface area contributed by atoms with Crippen LogP contribution in [0, 0.1) is 0 Å². The minimum atomic E-state index is -1.60. The summed E-state index contributed by atoms with van der Waals surface area (Å²) >= 11 is 0. The molecule has 3 rings (SSSR count). The molecular formula is C19H18N2O4. The summed E-state index contributed by atoms with van der Waals surface area (Å²) in [6.45, 7) is 0.527. The van der Waals surface area contributed by atoms with Crippen LogP contribution in [0.5, 0.6) is 0 Å². The number of aliphatic carboxylic acids is 1. The molecule has 2 aromatic rings. The lowest BCUT2D eigenvalue weighted by atomic mass is 9.97. The highest BCUT2D eigenvalue weighted by Gasteiger charge is 2.29. The molecule has 2 aromatic carbocycles. The standard InChI is InChI=1S/C19H18N2O4/c22-16-11-20-8-7-12-3-1-4-13(9-12)14-5-2-6-15(10-14)18(23)17(21-16)19(24)25/h1-6,9-10,17,20H,7-8,11H2,(H,21,22)(H,24,25). The van der Waals surface area contributed by atoms with Gasteiger partial charge in [0.15, 0.2) is 11.8 Å². The first-order chi connectivity index (χ1) is 12.0. The van der Waals surface area contributed by atoms with Crippen molar-refractivity contribution in [3.8, 4) is 11.1 Å². The molecule has 6 heteroatoms. The van der Waals surface area contributed by atoms with Crippen molar-refractivity contribution in [1.29, 1.82) is 0 Å². The number of hydrogen-bond donors (Lipinski definition) is 3. The summed E-state index contributed by atoms with van der Waals surface area (Å²) < 4.78 is 0. The number of nitrogens with one attached hydrogen (secondary N) is 2. The molecule has 0 saturated carbocycles. The van der Waals surface area contributed by atoms with Crippen molar-refractivity contribution in [3.63, 3.8) is 0 Å². The highest BCUT2D eigenvalue weighted by molar-refractivity contribution is 6.13. The molecule has 1 atom stereocenters. The van der Waals surface area contributed by atoms with Crippen LogP contribution in [-0.2, 0) is 16.0 Å². The van der Waals surface area contributed by atoms with E-state index in [4.69, 9.17) is 0 Å². The molecular weight excluding hydrogens is 320 g/mol. The molecule has 4 bridgehead atoms. The Morgan fingerprint density at radius 1 is 1.00 bits per heavy atom. The number of carboxylic acid groups (broad SMARTS) is 1. The fourth-order valence-electron chi connectivity index (χ4n) is 2.81. The number of ketones is 1. The van der Waals surface area contributed by atoms with Crippen molar-refractivity contribution in [3.05, 3.63) is 59.7 Å². The number of carbonyl (C=O) groups is 3. The molecule has 25 heavy (non-hydrogen) atoms. The van der Waals surface area contributed by atoms with Gasteiger partial charge in [-0.05, 0) is 35.7 Å². The molecule has 0 aromatic heterocycles. The van der Waals surface area contributed by atoms with Gasteiger partial charge in [-0.2, -0.15) is 0 Å². The maximum absolute atomic E-state index is 12.6. The van der Waals surface area contributed by atoms with Gasteiger partial charge in [-0.25, -0.2) is 4.79 Å². The minimum absolute atomic E-state index is 0.0449. The Hall–Kier alpha value is -2.99. The summed E-state index contributed by atoms with van der Waals surface area (Å²) in [5.41, 5.74) is 3.15. The SMILES string of the molecule is O=C1CNCCc2cccc(c2)-c2cccc(c2)C(=O)C(C(=O)O)N1. The molecule has 0 aliphatic carbocycles. The smallest absolute Gasteiger partial charge is 0.334 e. The van der Waals surface area contributed by atoms with Crippen LogP contribution in [0.3, 0.4) is 0 Å². The van der Waals surface area contributed by atoms with E-state index in [0.717, 1.165) is 23.1 Å². The van der Waals surface area contributed by atoms with Gasteiger partial charge in [-0.3, -0.25) is 9.59 Å². The third kappa shape index (κ3) is 3.92. The Labute approximate surface area is 144 Å². The zero-order valence-electron chi connectivity index (χ0n) is 13.5. The highest BCUT2D eigenvalue weighted by atomic mass is 16.4. The van der Waals surface area contributed by atoms with Crippen molar-refractivity contribution in [2.24, 2.45) is 0 Å². The molecule has 6 nitrogen and oxygen atoms in total. The van der Waals surface area contributed by atoms with Crippen molar-refractivity contribution in [2.75, 3.05) is 13.1 Å². The van der Waals surface area contributed by atoms with Gasteiger partial charge in [0.1, 0.15) is 0 Å². The third-order valence-corrected chi connectivity index (χ3v) is 4.10. The van der Waals surface area contributed by atoms with Gasteiger partial charge in [-0.15, -0.1) is 0 Å². The summed E-state index contributed by atoms with van der Waals surface area (Å²) in [5.74, 6) is -2.54. The van der Waals surface area contributed by atoms with E-state index in [2.05, 4.69) is 10.6 Å². The molecule has 1 aliphatic rings. The average Bonchev–Trinajstić information content (AvgIpc) is 2.62. The second kappa shape index (κ2) is 7.27. The van der Waals surface area contributed by atoms with Crippen molar-refractivity contribution in [2.45, 2.75) is 12.5 Å². The molecule has 0 saturated heterocycles. The van der Waals surface area contributed by atoms with E-state index in [1.54, 1.807) is 18.2 Å². The van der Waals surface area contributed by atoms with Crippen LogP contribution >= 0.6 is 0 Å². The Morgan fingerprint density at radius 3 is 2.44 bits per heavy atom. The number of amides is 1. The summed E-state index contributed by atoms with van der Waals surface area (Å²) in [5, 5.41) is 14.6. The van der Waals surface area contributed by atoms with Gasteiger partial charge in [0.05, 0.1) is 6.54 Å². The fourth-order valence-corrected chi connectivity index (χ4v) is 2.81. The number of benzene rings is 2. The fraction of sp³-hybridized carbons (Fsp3) is 0.211. The summed E-state index contributed by atoms with van der Waals surface area (Å²) in [4.78, 5) is 35.9. The summed E-state index contributed by atoms with van der Waals surface area (Å²) in [6, 6.07) is 13.1. The van der Waals surface area contributed by atoms with Crippen LogP contribution in [-0.4, -0.2) is 41.9 Å².